The van der Waals surface area contributed by atoms with Gasteiger partial charge < -0.3 is 19.9 Å². The SMILES string of the molecule is Cc1cn2cc(Nc3n[nH]c4cc(N5C[C@H](C)N[C@@H](C)C5)cc(Cl)c34)cc(F)c2n1. The first-order chi connectivity index (χ1) is 14.4. The van der Waals surface area contributed by atoms with E-state index in [4.69, 9.17) is 11.6 Å². The molecule has 5 rings (SSSR count). The van der Waals surface area contributed by atoms with Crippen molar-refractivity contribution in [1.82, 2.24) is 24.9 Å². The fraction of sp³-hybridized carbons (Fsp3) is 0.333. The fourth-order valence-corrected chi connectivity index (χ4v) is 4.59. The van der Waals surface area contributed by atoms with E-state index in [1.807, 2.05) is 13.0 Å². The number of nitrogens with one attached hydrogen (secondary N) is 3. The van der Waals surface area contributed by atoms with Crippen LogP contribution in [0.2, 0.25) is 5.02 Å². The predicted molar refractivity (Wildman–Crippen MR) is 119 cm³/mol. The van der Waals surface area contributed by atoms with Gasteiger partial charge in [-0.15, -0.1) is 0 Å². The van der Waals surface area contributed by atoms with Gasteiger partial charge in [-0.05, 0) is 32.9 Å². The van der Waals surface area contributed by atoms with Gasteiger partial charge in [-0.3, -0.25) is 5.10 Å². The first-order valence-corrected chi connectivity index (χ1v) is 10.4. The van der Waals surface area contributed by atoms with Crippen LogP contribution in [0.3, 0.4) is 0 Å². The van der Waals surface area contributed by atoms with Crippen molar-refractivity contribution in [2.45, 2.75) is 32.9 Å². The number of nitrogens with zero attached hydrogens (tertiary/aromatic N) is 4. The molecule has 0 unspecified atom stereocenters. The predicted octanol–water partition coefficient (Wildman–Crippen LogP) is 4.24. The van der Waals surface area contributed by atoms with Crippen LogP contribution in [0.1, 0.15) is 19.5 Å². The molecule has 1 aromatic carbocycles. The van der Waals surface area contributed by atoms with Gasteiger partial charge in [-0.2, -0.15) is 5.10 Å². The topological polar surface area (TPSA) is 73.3 Å². The number of halogens is 2. The fourth-order valence-electron chi connectivity index (χ4n) is 4.29. The van der Waals surface area contributed by atoms with Crippen molar-refractivity contribution in [2.75, 3.05) is 23.3 Å². The molecule has 1 aliphatic heterocycles. The van der Waals surface area contributed by atoms with Gasteiger partial charge in [0, 0.05) is 49.3 Å². The zero-order chi connectivity index (χ0) is 21.0. The Balaban J connectivity index is 1.49. The summed E-state index contributed by atoms with van der Waals surface area (Å²) < 4.78 is 16.1. The molecule has 1 saturated heterocycles. The van der Waals surface area contributed by atoms with Gasteiger partial charge in [-0.1, -0.05) is 11.6 Å². The van der Waals surface area contributed by atoms with Gasteiger partial charge in [0.1, 0.15) is 0 Å². The van der Waals surface area contributed by atoms with Crippen molar-refractivity contribution < 1.29 is 4.39 Å². The van der Waals surface area contributed by atoms with E-state index >= 15 is 0 Å². The van der Waals surface area contributed by atoms with Crippen molar-refractivity contribution in [3.05, 3.63) is 47.1 Å². The van der Waals surface area contributed by atoms with Gasteiger partial charge in [0.25, 0.3) is 0 Å². The van der Waals surface area contributed by atoms with Crippen LogP contribution in [0.5, 0.6) is 0 Å². The van der Waals surface area contributed by atoms with E-state index in [2.05, 4.69) is 50.6 Å². The highest BCUT2D eigenvalue weighted by Gasteiger charge is 2.23. The number of fused-ring (bicyclic) bond motifs is 2. The lowest BCUT2D eigenvalue weighted by atomic mass is 10.1. The second-order valence-electron chi connectivity index (χ2n) is 8.11. The van der Waals surface area contributed by atoms with Crippen LogP contribution in [0.4, 0.5) is 21.6 Å². The van der Waals surface area contributed by atoms with E-state index in [1.54, 1.807) is 16.8 Å². The lowest BCUT2D eigenvalue weighted by Crippen LogP contribution is -2.54. The van der Waals surface area contributed by atoms with E-state index in [-0.39, 0.29) is 0 Å². The van der Waals surface area contributed by atoms with E-state index in [1.165, 1.54) is 6.07 Å². The molecule has 0 radical (unpaired) electrons. The Morgan fingerprint density at radius 2 is 1.93 bits per heavy atom. The zero-order valence-electron chi connectivity index (χ0n) is 17.0. The maximum absolute atomic E-state index is 14.4. The summed E-state index contributed by atoms with van der Waals surface area (Å²) in [6.45, 7) is 8.01. The van der Waals surface area contributed by atoms with Crippen molar-refractivity contribution >= 4 is 45.3 Å². The Bertz CT molecular complexity index is 1240. The molecule has 156 valence electrons. The number of aryl methyl sites for hydroxylation is 1. The molecule has 2 atom stereocenters. The molecule has 7 nitrogen and oxygen atoms in total. The summed E-state index contributed by atoms with van der Waals surface area (Å²) in [5, 5.41) is 15.5. The number of imidazole rings is 1. The van der Waals surface area contributed by atoms with E-state index in [0.717, 1.165) is 35.4 Å². The van der Waals surface area contributed by atoms with Gasteiger partial charge in [-0.25, -0.2) is 9.37 Å². The highest BCUT2D eigenvalue weighted by atomic mass is 35.5. The summed E-state index contributed by atoms with van der Waals surface area (Å²) in [6, 6.07) is 6.25. The third kappa shape index (κ3) is 3.36. The van der Waals surface area contributed by atoms with Crippen molar-refractivity contribution in [3.8, 4) is 0 Å². The number of pyridine rings is 1. The molecule has 0 saturated carbocycles. The summed E-state index contributed by atoms with van der Waals surface area (Å²) in [6.07, 6.45) is 3.56. The zero-order valence-corrected chi connectivity index (χ0v) is 17.8. The Morgan fingerprint density at radius 3 is 2.70 bits per heavy atom. The maximum Gasteiger partial charge on any atom is 0.173 e. The molecular weight excluding hydrogens is 405 g/mol. The number of hydrogen-bond donors (Lipinski definition) is 3. The second-order valence-corrected chi connectivity index (χ2v) is 8.52. The molecule has 1 fully saturated rings. The molecule has 0 amide bonds. The van der Waals surface area contributed by atoms with Crippen LogP contribution in [-0.2, 0) is 0 Å². The van der Waals surface area contributed by atoms with E-state index in [0.29, 0.717) is 34.3 Å². The van der Waals surface area contributed by atoms with Crippen molar-refractivity contribution in [1.29, 1.82) is 0 Å². The number of aromatic amines is 1. The number of hydrogen-bond acceptors (Lipinski definition) is 5. The first kappa shape index (κ1) is 19.1. The number of piperazine rings is 1. The molecular formula is C21H23ClFN7. The minimum atomic E-state index is -0.400. The summed E-state index contributed by atoms with van der Waals surface area (Å²) in [4.78, 5) is 6.52. The number of anilines is 3. The van der Waals surface area contributed by atoms with Crippen LogP contribution in [0.15, 0.2) is 30.6 Å². The third-order valence-electron chi connectivity index (χ3n) is 5.41. The van der Waals surface area contributed by atoms with Crippen LogP contribution in [0.25, 0.3) is 16.6 Å². The van der Waals surface area contributed by atoms with Gasteiger partial charge in [0.05, 0.1) is 27.3 Å². The van der Waals surface area contributed by atoms with E-state index < -0.39 is 5.82 Å². The Labute approximate surface area is 178 Å². The molecule has 4 heterocycles. The Hall–Kier alpha value is -2.84. The van der Waals surface area contributed by atoms with E-state index in [9.17, 15) is 4.39 Å². The standard InChI is InChI=1S/C21H23ClFN7/c1-11-7-29(8-12(2)24-11)15-5-16(22)19-18(6-15)27-28-20(19)26-14-4-17(23)21-25-13(3)9-30(21)10-14/h4-6,9-12,24H,7-8H2,1-3H3,(H2,26,27,28)/t11-,12-/m0/s1. The summed E-state index contributed by atoms with van der Waals surface area (Å²) in [5.74, 6) is 0.155. The average molecular weight is 428 g/mol. The minimum Gasteiger partial charge on any atom is -0.368 e. The molecule has 9 heteroatoms. The Morgan fingerprint density at radius 1 is 1.17 bits per heavy atom. The monoisotopic (exact) mass is 427 g/mol. The molecule has 30 heavy (non-hydrogen) atoms. The van der Waals surface area contributed by atoms with Crippen LogP contribution in [0, 0.1) is 12.7 Å². The highest BCUT2D eigenvalue weighted by molar-refractivity contribution is 6.36. The van der Waals surface area contributed by atoms with Gasteiger partial charge in [0.2, 0.25) is 0 Å². The smallest absolute Gasteiger partial charge is 0.173 e. The van der Waals surface area contributed by atoms with Crippen LogP contribution in [-0.4, -0.2) is 44.8 Å². The van der Waals surface area contributed by atoms with Crippen LogP contribution < -0.4 is 15.5 Å². The first-order valence-electron chi connectivity index (χ1n) is 9.98. The highest BCUT2D eigenvalue weighted by Crippen LogP contribution is 2.35. The molecule has 3 N–H and O–H groups in total. The number of aromatic nitrogens is 4. The average Bonchev–Trinajstić information content (AvgIpc) is 3.24. The Kier molecular flexibility index (Phi) is 4.56. The van der Waals surface area contributed by atoms with Crippen molar-refractivity contribution in [3.63, 3.8) is 0 Å². The molecule has 0 spiro atoms. The van der Waals surface area contributed by atoms with Crippen molar-refractivity contribution in [2.24, 2.45) is 0 Å². The molecule has 0 bridgehead atoms. The number of rotatable bonds is 3. The summed E-state index contributed by atoms with van der Waals surface area (Å²) >= 11 is 6.67. The molecule has 1 aliphatic rings. The lowest BCUT2D eigenvalue weighted by molar-refractivity contribution is 0.407. The van der Waals surface area contributed by atoms with Gasteiger partial charge in [0.15, 0.2) is 17.3 Å². The van der Waals surface area contributed by atoms with Gasteiger partial charge >= 0.3 is 0 Å². The normalized spacial score (nSPS) is 19.7. The third-order valence-corrected chi connectivity index (χ3v) is 5.71. The maximum atomic E-state index is 14.4. The molecule has 3 aromatic heterocycles. The number of benzene rings is 1. The molecule has 0 aliphatic carbocycles. The second kappa shape index (κ2) is 7.14. The number of H-pyrrole nitrogens is 1. The largest absolute Gasteiger partial charge is 0.368 e. The molecule has 4 aromatic rings. The summed E-state index contributed by atoms with van der Waals surface area (Å²) in [7, 11) is 0. The lowest BCUT2D eigenvalue weighted by Gasteiger charge is -2.37. The quantitative estimate of drug-likeness (QED) is 0.456. The summed E-state index contributed by atoms with van der Waals surface area (Å²) in [5.41, 5.74) is 3.51. The minimum absolute atomic E-state index is 0.298. The van der Waals surface area contributed by atoms with Crippen LogP contribution >= 0.6 is 11.6 Å².